The number of rotatable bonds is 17. The molecule has 2 heterocycles. The summed E-state index contributed by atoms with van der Waals surface area (Å²) < 4.78 is 4.92. The number of aryl methyl sites for hydroxylation is 2. The van der Waals surface area contributed by atoms with Crippen molar-refractivity contribution in [1.29, 1.82) is 0 Å². The van der Waals surface area contributed by atoms with Crippen molar-refractivity contribution < 1.29 is 0 Å². The lowest BCUT2D eigenvalue weighted by Crippen LogP contribution is -2.34. The smallest absolute Gasteiger partial charge is 0.0541 e. The number of nitrogens with zero attached hydrogens (tertiary/aromatic N) is 2. The molecule has 1 aliphatic rings. The van der Waals surface area contributed by atoms with Gasteiger partial charge in [-0.15, -0.1) is 0 Å². The van der Waals surface area contributed by atoms with Gasteiger partial charge >= 0.3 is 0 Å². The van der Waals surface area contributed by atoms with Crippen LogP contribution in [0.15, 0.2) is 152 Å². The average Bonchev–Trinajstić information content (AvgIpc) is 3.92. The van der Waals surface area contributed by atoms with Gasteiger partial charge in [0, 0.05) is 38.3 Å². The minimum atomic E-state index is -0.0904. The summed E-state index contributed by atoms with van der Waals surface area (Å²) in [7, 11) is 0. The largest absolute Gasteiger partial charge is 0.309 e. The molecule has 63 heavy (non-hydrogen) atoms. The highest BCUT2D eigenvalue weighted by Gasteiger charge is 2.48. The number of para-hydroxylation sites is 3. The van der Waals surface area contributed by atoms with E-state index in [1.165, 1.54) is 166 Å². The Morgan fingerprint density at radius 2 is 0.857 bits per heavy atom. The lowest BCUT2D eigenvalue weighted by atomic mass is 9.61. The van der Waals surface area contributed by atoms with Gasteiger partial charge < -0.3 is 9.13 Å². The zero-order chi connectivity index (χ0) is 42.9. The normalized spacial score (nSPS) is 13.7. The molecule has 2 aromatic heterocycles. The van der Waals surface area contributed by atoms with E-state index in [1.54, 1.807) is 11.1 Å². The maximum atomic E-state index is 2.63. The molecule has 0 radical (unpaired) electrons. The molecule has 2 heteroatoms. The number of unbranched alkanes of at least 4 members (excludes halogenated alkanes) is 9. The van der Waals surface area contributed by atoms with Crippen molar-refractivity contribution in [3.8, 4) is 22.5 Å². The number of aromatic nitrogens is 2. The summed E-state index contributed by atoms with van der Waals surface area (Å²) in [5.74, 6) is 0.357. The molecule has 9 aromatic rings. The zero-order valence-corrected chi connectivity index (χ0v) is 38.1. The first-order valence-electron chi connectivity index (χ1n) is 24.4. The first kappa shape index (κ1) is 41.2. The van der Waals surface area contributed by atoms with Crippen molar-refractivity contribution >= 4 is 43.6 Å². The van der Waals surface area contributed by atoms with E-state index in [0.29, 0.717) is 5.92 Å². The van der Waals surface area contributed by atoms with Gasteiger partial charge in [0.05, 0.1) is 22.1 Å². The molecule has 1 unspecified atom stereocenters. The molecule has 0 saturated heterocycles. The van der Waals surface area contributed by atoms with E-state index in [4.69, 9.17) is 0 Å². The Balaban J connectivity index is 1.12. The van der Waals surface area contributed by atoms with E-state index >= 15 is 0 Å². The van der Waals surface area contributed by atoms with E-state index in [-0.39, 0.29) is 5.41 Å². The Hall–Kier alpha value is -5.86. The van der Waals surface area contributed by atoms with Crippen LogP contribution < -0.4 is 0 Å². The number of hydrogen-bond donors (Lipinski definition) is 0. The second-order valence-electron chi connectivity index (χ2n) is 18.9. The monoisotopic (exact) mass is 825 g/mol. The van der Waals surface area contributed by atoms with Crippen molar-refractivity contribution in [3.63, 3.8) is 0 Å². The summed E-state index contributed by atoms with van der Waals surface area (Å²) in [5.41, 5.74) is 17.6. The summed E-state index contributed by atoms with van der Waals surface area (Å²) in [4.78, 5) is 0. The first-order chi connectivity index (χ1) is 31.0. The average molecular weight is 825 g/mol. The minimum Gasteiger partial charge on any atom is -0.309 e. The zero-order valence-electron chi connectivity index (χ0n) is 38.1. The van der Waals surface area contributed by atoms with Gasteiger partial charge in [-0.2, -0.15) is 0 Å². The van der Waals surface area contributed by atoms with Crippen LogP contribution in [0.2, 0.25) is 0 Å². The fourth-order valence-corrected chi connectivity index (χ4v) is 11.8. The Morgan fingerprint density at radius 3 is 1.38 bits per heavy atom. The molecule has 1 atom stereocenters. The van der Waals surface area contributed by atoms with E-state index in [0.717, 1.165) is 0 Å². The highest BCUT2D eigenvalue weighted by molar-refractivity contribution is 6.10. The predicted molar refractivity (Wildman–Crippen MR) is 271 cm³/mol. The van der Waals surface area contributed by atoms with Crippen LogP contribution in [-0.4, -0.2) is 9.13 Å². The third-order valence-corrected chi connectivity index (χ3v) is 14.8. The quantitative estimate of drug-likeness (QED) is 0.0810. The summed E-state index contributed by atoms with van der Waals surface area (Å²) in [6, 6.07) is 58.3. The minimum absolute atomic E-state index is 0.0904. The Bertz CT molecular complexity index is 2940. The fourth-order valence-electron chi connectivity index (χ4n) is 11.8. The Kier molecular flexibility index (Phi) is 11.6. The standard InChI is InChI=1S/C61H64N2/c1-5-7-9-11-13-21-39-61(55-40-43(3)29-36-48(55)49-37-30-44(4)41-56(49)61)54(25-14-12-10-8-6-2)45-31-38-60-53(42-45)52-24-17-20-28-59(52)63(60)47-34-32-46(33-35-47)62-57-26-18-15-22-50(57)51-23-16-19-27-58(51)62/h15-20,22-24,26-38,40-42,54H,5-14,21,25,39H2,1-4H3. The molecule has 10 rings (SSSR count). The van der Waals surface area contributed by atoms with Crippen LogP contribution in [0.3, 0.4) is 0 Å². The first-order valence-corrected chi connectivity index (χ1v) is 24.4. The third-order valence-electron chi connectivity index (χ3n) is 14.8. The lowest BCUT2D eigenvalue weighted by Gasteiger charge is -2.41. The molecule has 0 amide bonds. The predicted octanol–water partition coefficient (Wildman–Crippen LogP) is 17.7. The van der Waals surface area contributed by atoms with Crippen LogP contribution in [0.1, 0.15) is 131 Å². The molecule has 318 valence electrons. The maximum Gasteiger partial charge on any atom is 0.0541 e. The highest BCUT2D eigenvalue weighted by atomic mass is 15.0. The molecule has 0 N–H and O–H groups in total. The molecule has 0 aliphatic heterocycles. The van der Waals surface area contributed by atoms with Crippen LogP contribution in [0.25, 0.3) is 66.1 Å². The van der Waals surface area contributed by atoms with E-state index < -0.39 is 0 Å². The van der Waals surface area contributed by atoms with Gasteiger partial charge in [0.15, 0.2) is 0 Å². The number of benzene rings is 7. The summed E-state index contributed by atoms with van der Waals surface area (Å²) in [6.07, 6.45) is 16.7. The summed E-state index contributed by atoms with van der Waals surface area (Å²) in [6.45, 7) is 9.27. The van der Waals surface area contributed by atoms with Crippen molar-refractivity contribution in [1.82, 2.24) is 9.13 Å². The van der Waals surface area contributed by atoms with Crippen LogP contribution >= 0.6 is 0 Å². The van der Waals surface area contributed by atoms with Gasteiger partial charge in [-0.05, 0) is 115 Å². The summed E-state index contributed by atoms with van der Waals surface area (Å²) in [5, 5.41) is 5.26. The van der Waals surface area contributed by atoms with Crippen LogP contribution in [-0.2, 0) is 5.41 Å². The van der Waals surface area contributed by atoms with Crippen LogP contribution in [0.4, 0.5) is 0 Å². The molecular weight excluding hydrogens is 761 g/mol. The van der Waals surface area contributed by atoms with Crippen molar-refractivity contribution in [2.45, 2.75) is 122 Å². The molecule has 0 bridgehead atoms. The van der Waals surface area contributed by atoms with Crippen molar-refractivity contribution in [2.24, 2.45) is 0 Å². The van der Waals surface area contributed by atoms with Gasteiger partial charge in [-0.25, -0.2) is 0 Å². The topological polar surface area (TPSA) is 9.86 Å². The second-order valence-corrected chi connectivity index (χ2v) is 18.9. The van der Waals surface area contributed by atoms with E-state index in [9.17, 15) is 0 Å². The Labute approximate surface area is 375 Å². The van der Waals surface area contributed by atoms with Gasteiger partial charge in [0.2, 0.25) is 0 Å². The van der Waals surface area contributed by atoms with Crippen molar-refractivity contribution in [3.05, 3.63) is 179 Å². The van der Waals surface area contributed by atoms with Gasteiger partial charge in [-0.1, -0.05) is 193 Å². The number of hydrogen-bond acceptors (Lipinski definition) is 0. The molecule has 2 nitrogen and oxygen atoms in total. The highest BCUT2D eigenvalue weighted by Crippen LogP contribution is 2.60. The van der Waals surface area contributed by atoms with Gasteiger partial charge in [0.1, 0.15) is 0 Å². The second kappa shape index (κ2) is 17.7. The lowest BCUT2D eigenvalue weighted by molar-refractivity contribution is 0.345. The number of fused-ring (bicyclic) bond motifs is 9. The van der Waals surface area contributed by atoms with E-state index in [1.807, 2.05) is 0 Å². The van der Waals surface area contributed by atoms with Crippen LogP contribution in [0, 0.1) is 13.8 Å². The Morgan fingerprint density at radius 1 is 0.413 bits per heavy atom. The van der Waals surface area contributed by atoms with Gasteiger partial charge in [0.25, 0.3) is 0 Å². The molecule has 0 saturated carbocycles. The van der Waals surface area contributed by atoms with E-state index in [2.05, 4.69) is 188 Å². The fraction of sp³-hybridized carbons (Fsp3) is 0.311. The maximum absolute atomic E-state index is 2.63. The third kappa shape index (κ3) is 7.30. The molecular formula is C61H64N2. The molecule has 7 aromatic carbocycles. The molecule has 1 aliphatic carbocycles. The van der Waals surface area contributed by atoms with Crippen LogP contribution in [0.5, 0.6) is 0 Å². The van der Waals surface area contributed by atoms with Gasteiger partial charge in [-0.3, -0.25) is 0 Å². The SMILES string of the molecule is CCCCCCCCC1(C(CCCCCCC)c2ccc3c(c2)c2ccccc2n3-c2ccc(-n3c4ccccc4c4ccccc43)cc2)c2cc(C)ccc2-c2ccc(C)cc21. The van der Waals surface area contributed by atoms with Crippen molar-refractivity contribution in [2.75, 3.05) is 0 Å². The molecule has 0 spiro atoms. The summed E-state index contributed by atoms with van der Waals surface area (Å²) >= 11 is 0. The molecule has 0 fully saturated rings.